The highest BCUT2D eigenvalue weighted by molar-refractivity contribution is 6.23. The molecule has 5 heteroatoms. The van der Waals surface area contributed by atoms with Gasteiger partial charge >= 0.3 is 0 Å². The summed E-state index contributed by atoms with van der Waals surface area (Å²) >= 11 is 0. The summed E-state index contributed by atoms with van der Waals surface area (Å²) in [6.07, 6.45) is 0. The first-order valence-corrected chi connectivity index (χ1v) is 20.2. The molecule has 1 aliphatic carbocycles. The van der Waals surface area contributed by atoms with Crippen LogP contribution in [0, 0.1) is 0 Å². The van der Waals surface area contributed by atoms with Gasteiger partial charge in [-0.1, -0.05) is 166 Å². The van der Waals surface area contributed by atoms with Gasteiger partial charge < -0.3 is 9.13 Å². The minimum Gasteiger partial charge on any atom is -0.307 e. The molecular weight excluding hydrogens is 719 g/mol. The van der Waals surface area contributed by atoms with E-state index < -0.39 is 0 Å². The summed E-state index contributed by atoms with van der Waals surface area (Å²) < 4.78 is 4.94. The molecule has 0 amide bonds. The smallest absolute Gasteiger partial charge is 0.164 e. The summed E-state index contributed by atoms with van der Waals surface area (Å²) in [5, 5.41) is 4.95. The Morgan fingerprint density at radius 2 is 0.881 bits per heavy atom. The minimum absolute atomic E-state index is 0.290. The third kappa shape index (κ3) is 4.95. The summed E-state index contributed by atoms with van der Waals surface area (Å²) in [6.45, 7) is 4.70. The van der Waals surface area contributed by atoms with Crippen LogP contribution in [0.15, 0.2) is 188 Å². The van der Waals surface area contributed by atoms with Crippen molar-refractivity contribution in [2.75, 3.05) is 0 Å². The zero-order chi connectivity index (χ0) is 39.2. The first-order chi connectivity index (χ1) is 29.0. The van der Waals surface area contributed by atoms with Crippen molar-refractivity contribution >= 4 is 43.6 Å². The first kappa shape index (κ1) is 33.5. The lowest BCUT2D eigenvalue weighted by Gasteiger charge is -2.22. The molecule has 0 saturated carbocycles. The highest BCUT2D eigenvalue weighted by Gasteiger charge is 2.38. The maximum atomic E-state index is 5.18. The van der Waals surface area contributed by atoms with Crippen molar-refractivity contribution in [3.05, 3.63) is 199 Å². The Morgan fingerprint density at radius 1 is 0.373 bits per heavy atom. The summed E-state index contributed by atoms with van der Waals surface area (Å²) in [5.74, 6) is 1.98. The van der Waals surface area contributed by atoms with Gasteiger partial charge in [-0.05, 0) is 58.7 Å². The quantitative estimate of drug-likeness (QED) is 0.176. The van der Waals surface area contributed by atoms with E-state index in [9.17, 15) is 0 Å². The fraction of sp³-hybridized carbons (Fsp3) is 0.0556. The Bertz CT molecular complexity index is 3390. The predicted molar refractivity (Wildman–Crippen MR) is 242 cm³/mol. The van der Waals surface area contributed by atoms with E-state index in [1.807, 2.05) is 36.4 Å². The average Bonchev–Trinajstić information content (AvgIpc) is 3.90. The monoisotopic (exact) mass is 755 g/mol. The van der Waals surface area contributed by atoms with Crippen LogP contribution in [-0.4, -0.2) is 24.1 Å². The van der Waals surface area contributed by atoms with Crippen LogP contribution in [0.5, 0.6) is 0 Å². The third-order valence-electron chi connectivity index (χ3n) is 12.4. The Balaban J connectivity index is 1.11. The molecule has 11 aromatic rings. The number of fused-ring (bicyclic) bond motifs is 10. The summed E-state index contributed by atoms with van der Waals surface area (Å²) in [4.78, 5) is 15.3. The zero-order valence-corrected chi connectivity index (χ0v) is 32.6. The van der Waals surface area contributed by atoms with E-state index in [4.69, 9.17) is 15.0 Å². The lowest BCUT2D eigenvalue weighted by atomic mass is 9.82. The van der Waals surface area contributed by atoms with Crippen LogP contribution in [-0.2, 0) is 5.41 Å². The number of para-hydroxylation sites is 3. The molecule has 0 saturated heterocycles. The van der Waals surface area contributed by atoms with Gasteiger partial charge in [0.15, 0.2) is 17.5 Å². The number of hydrogen-bond donors (Lipinski definition) is 0. The molecule has 278 valence electrons. The maximum absolute atomic E-state index is 5.18. The van der Waals surface area contributed by atoms with E-state index in [2.05, 4.69) is 175 Å². The van der Waals surface area contributed by atoms with Crippen molar-refractivity contribution in [1.29, 1.82) is 0 Å². The molecule has 0 fully saturated rings. The van der Waals surface area contributed by atoms with Gasteiger partial charge in [-0.3, -0.25) is 0 Å². The van der Waals surface area contributed by atoms with Crippen molar-refractivity contribution in [2.24, 2.45) is 0 Å². The molecule has 0 radical (unpaired) electrons. The second-order valence-electron chi connectivity index (χ2n) is 16.0. The Hall–Kier alpha value is -7.63. The molecule has 0 spiro atoms. The van der Waals surface area contributed by atoms with Crippen molar-refractivity contribution in [1.82, 2.24) is 24.1 Å². The van der Waals surface area contributed by atoms with Crippen LogP contribution in [0.4, 0.5) is 0 Å². The molecule has 59 heavy (non-hydrogen) atoms. The molecule has 1 aliphatic rings. The molecule has 3 aromatic heterocycles. The fourth-order valence-electron chi connectivity index (χ4n) is 9.64. The van der Waals surface area contributed by atoms with Gasteiger partial charge in [-0.25, -0.2) is 15.0 Å². The molecule has 3 heterocycles. The highest BCUT2D eigenvalue weighted by Crippen LogP contribution is 2.53. The summed E-state index contributed by atoms with van der Waals surface area (Å²) in [6, 6.07) is 67.1. The zero-order valence-electron chi connectivity index (χ0n) is 32.6. The van der Waals surface area contributed by atoms with Gasteiger partial charge in [0, 0.05) is 55.0 Å². The van der Waals surface area contributed by atoms with E-state index >= 15 is 0 Å². The van der Waals surface area contributed by atoms with Crippen LogP contribution >= 0.6 is 0 Å². The molecule has 12 rings (SSSR count). The lowest BCUT2D eigenvalue weighted by molar-refractivity contribution is 0.660. The summed E-state index contributed by atoms with van der Waals surface area (Å²) in [7, 11) is 0. The number of benzene rings is 8. The van der Waals surface area contributed by atoms with E-state index in [1.54, 1.807) is 0 Å². The average molecular weight is 756 g/mol. The van der Waals surface area contributed by atoms with Gasteiger partial charge in [0.2, 0.25) is 0 Å². The van der Waals surface area contributed by atoms with Gasteiger partial charge in [0.05, 0.1) is 22.1 Å². The van der Waals surface area contributed by atoms with Crippen LogP contribution in [0.2, 0.25) is 0 Å². The minimum atomic E-state index is -0.290. The molecule has 5 nitrogen and oxygen atoms in total. The Kier molecular flexibility index (Phi) is 7.20. The highest BCUT2D eigenvalue weighted by atomic mass is 15.1. The maximum Gasteiger partial charge on any atom is 0.164 e. The van der Waals surface area contributed by atoms with Crippen LogP contribution in [0.1, 0.15) is 25.0 Å². The number of hydrogen-bond acceptors (Lipinski definition) is 3. The fourth-order valence-corrected chi connectivity index (χ4v) is 9.64. The molecular formula is C54H37N5. The van der Waals surface area contributed by atoms with Crippen molar-refractivity contribution in [3.8, 4) is 56.7 Å². The first-order valence-electron chi connectivity index (χ1n) is 20.2. The number of rotatable bonds is 5. The van der Waals surface area contributed by atoms with E-state index in [-0.39, 0.29) is 5.41 Å². The molecule has 0 N–H and O–H groups in total. The van der Waals surface area contributed by atoms with Crippen LogP contribution in [0.3, 0.4) is 0 Å². The second kappa shape index (κ2) is 12.7. The van der Waals surface area contributed by atoms with E-state index in [1.165, 1.54) is 65.9 Å². The van der Waals surface area contributed by atoms with Gasteiger partial charge in [-0.15, -0.1) is 0 Å². The Morgan fingerprint density at radius 3 is 1.47 bits per heavy atom. The van der Waals surface area contributed by atoms with E-state index in [0.29, 0.717) is 17.5 Å². The molecule has 8 aromatic carbocycles. The van der Waals surface area contributed by atoms with Crippen molar-refractivity contribution < 1.29 is 0 Å². The van der Waals surface area contributed by atoms with E-state index in [0.717, 1.165) is 28.1 Å². The van der Waals surface area contributed by atoms with Gasteiger partial charge in [0.25, 0.3) is 0 Å². The van der Waals surface area contributed by atoms with Crippen LogP contribution < -0.4 is 0 Å². The second-order valence-corrected chi connectivity index (χ2v) is 16.0. The molecule has 0 atom stereocenters. The lowest BCUT2D eigenvalue weighted by Crippen LogP contribution is -2.15. The topological polar surface area (TPSA) is 48.5 Å². The van der Waals surface area contributed by atoms with Crippen molar-refractivity contribution in [2.45, 2.75) is 19.3 Å². The molecule has 0 unspecified atom stereocenters. The third-order valence-corrected chi connectivity index (χ3v) is 12.4. The van der Waals surface area contributed by atoms with Crippen LogP contribution in [0.25, 0.3) is 100 Å². The van der Waals surface area contributed by atoms with Gasteiger partial charge in [-0.2, -0.15) is 0 Å². The predicted octanol–water partition coefficient (Wildman–Crippen LogP) is 13.4. The molecule has 0 bridgehead atoms. The van der Waals surface area contributed by atoms with Gasteiger partial charge in [0.1, 0.15) is 0 Å². The Labute approximate surface area is 341 Å². The SMILES string of the molecule is CC1(C)c2cc(-n3c4ccccc4c4ccc5c6ccccc6n(-c6ccccc6)c5c43)ccc2-c2c(-c3nc(-c4ccccc4)nc(-c4ccccc4)n3)cccc21. The normalized spacial score (nSPS) is 13.1. The molecule has 0 aliphatic heterocycles. The standard InChI is InChI=1S/C54H37N5/c1-54(2)44-26-16-25-43(53-56-51(34-17-6-3-7-18-34)55-52(57-53)35-19-8-4-9-20-35)48(44)42-30-29-37(33-45(42)54)59-47-28-15-13-24-39(47)41-32-31-40-38-23-12-14-27-46(38)58(49(40)50(41)59)36-21-10-5-11-22-36/h3-33H,1-2H3. The summed E-state index contributed by atoms with van der Waals surface area (Å²) in [5.41, 5.74) is 14.6. The van der Waals surface area contributed by atoms with Crippen molar-refractivity contribution in [3.63, 3.8) is 0 Å². The number of aromatic nitrogens is 5. The number of nitrogens with zero attached hydrogens (tertiary/aromatic N) is 5. The largest absolute Gasteiger partial charge is 0.307 e.